The van der Waals surface area contributed by atoms with Gasteiger partial charge in [0, 0.05) is 24.3 Å². The molecule has 0 saturated carbocycles. The molecule has 3 aliphatic heterocycles. The number of thioether (sulfide) groups is 1. The SMILES string of the molecule is O=C1CS[C@]2(C(=O)N(CN3CC[C@H](c4ccccc4)C3)c3ccccc32)N1c1ccc(OCc2ccccc2)cc1. The first-order valence-electron chi connectivity index (χ1n) is 14.1. The average molecular weight is 562 g/mol. The fourth-order valence-electron chi connectivity index (χ4n) is 6.29. The first-order valence-corrected chi connectivity index (χ1v) is 15.0. The van der Waals surface area contributed by atoms with Crippen LogP contribution in [0.5, 0.6) is 5.75 Å². The molecule has 2 saturated heterocycles. The number of carbonyl (C=O) groups is 2. The van der Waals surface area contributed by atoms with E-state index in [-0.39, 0.29) is 17.6 Å². The average Bonchev–Trinajstić information content (AvgIpc) is 3.70. The van der Waals surface area contributed by atoms with E-state index in [2.05, 4.69) is 29.2 Å². The van der Waals surface area contributed by atoms with E-state index >= 15 is 0 Å². The largest absolute Gasteiger partial charge is 0.489 e. The van der Waals surface area contributed by atoms with E-state index in [1.54, 1.807) is 4.90 Å². The summed E-state index contributed by atoms with van der Waals surface area (Å²) in [5, 5.41) is 0. The zero-order chi connectivity index (χ0) is 27.8. The number of amides is 2. The Kier molecular flexibility index (Phi) is 6.77. The zero-order valence-corrected chi connectivity index (χ0v) is 23.5. The summed E-state index contributed by atoms with van der Waals surface area (Å²) in [5.74, 6) is 1.30. The maximum Gasteiger partial charge on any atom is 0.269 e. The van der Waals surface area contributed by atoms with Crippen LogP contribution in [-0.4, -0.2) is 42.2 Å². The van der Waals surface area contributed by atoms with Gasteiger partial charge in [-0.05, 0) is 53.8 Å². The molecule has 7 heteroatoms. The van der Waals surface area contributed by atoms with Crippen LogP contribution >= 0.6 is 11.8 Å². The number of para-hydroxylation sites is 1. The van der Waals surface area contributed by atoms with Crippen molar-refractivity contribution in [2.24, 2.45) is 0 Å². The number of benzene rings is 4. The second-order valence-corrected chi connectivity index (χ2v) is 12.0. The molecule has 4 aromatic carbocycles. The van der Waals surface area contributed by atoms with E-state index in [0.29, 0.717) is 30.6 Å². The number of likely N-dealkylation sites (tertiary alicyclic amines) is 1. The summed E-state index contributed by atoms with van der Waals surface area (Å²) in [5.41, 5.74) is 4.89. The van der Waals surface area contributed by atoms with Crippen LogP contribution in [0.25, 0.3) is 0 Å². The summed E-state index contributed by atoms with van der Waals surface area (Å²) >= 11 is 1.42. The Hall–Kier alpha value is -4.07. The Morgan fingerprint density at radius 3 is 2.32 bits per heavy atom. The number of ether oxygens (including phenoxy) is 1. The summed E-state index contributed by atoms with van der Waals surface area (Å²) in [6, 6.07) is 36.1. The fraction of sp³-hybridized carbons (Fsp3) is 0.235. The van der Waals surface area contributed by atoms with Crippen molar-refractivity contribution in [3.05, 3.63) is 126 Å². The van der Waals surface area contributed by atoms with Crippen LogP contribution < -0.4 is 14.5 Å². The van der Waals surface area contributed by atoms with Crippen LogP contribution in [0.4, 0.5) is 11.4 Å². The molecule has 0 aromatic heterocycles. The van der Waals surface area contributed by atoms with Gasteiger partial charge in [-0.15, -0.1) is 11.8 Å². The highest BCUT2D eigenvalue weighted by molar-refractivity contribution is 8.02. The van der Waals surface area contributed by atoms with Crippen molar-refractivity contribution in [3.8, 4) is 5.75 Å². The van der Waals surface area contributed by atoms with E-state index in [1.807, 2.05) is 89.8 Å². The van der Waals surface area contributed by atoms with Crippen molar-refractivity contribution in [2.45, 2.75) is 23.8 Å². The summed E-state index contributed by atoms with van der Waals surface area (Å²) in [6.45, 7) is 2.81. The minimum absolute atomic E-state index is 0.0536. The van der Waals surface area contributed by atoms with Gasteiger partial charge in [-0.25, -0.2) is 0 Å². The number of nitrogens with zero attached hydrogens (tertiary/aromatic N) is 3. The van der Waals surface area contributed by atoms with Crippen molar-refractivity contribution in [3.63, 3.8) is 0 Å². The Morgan fingerprint density at radius 1 is 0.829 bits per heavy atom. The molecule has 6 nitrogen and oxygen atoms in total. The zero-order valence-electron chi connectivity index (χ0n) is 22.7. The quantitative estimate of drug-likeness (QED) is 0.277. The molecule has 0 bridgehead atoms. The third-order valence-electron chi connectivity index (χ3n) is 8.29. The van der Waals surface area contributed by atoms with Gasteiger partial charge in [-0.1, -0.05) is 78.9 Å². The summed E-state index contributed by atoms with van der Waals surface area (Å²) < 4.78 is 5.97. The Bertz CT molecular complexity index is 1560. The van der Waals surface area contributed by atoms with Crippen LogP contribution in [0.1, 0.15) is 29.0 Å². The summed E-state index contributed by atoms with van der Waals surface area (Å²) in [4.78, 5) is 32.7. The summed E-state index contributed by atoms with van der Waals surface area (Å²) in [7, 11) is 0. The molecule has 1 spiro atoms. The number of hydrogen-bond acceptors (Lipinski definition) is 5. The molecule has 206 valence electrons. The van der Waals surface area contributed by atoms with Gasteiger partial charge in [-0.2, -0.15) is 0 Å². The topological polar surface area (TPSA) is 53.1 Å². The monoisotopic (exact) mass is 561 g/mol. The first-order chi connectivity index (χ1) is 20.1. The van der Waals surface area contributed by atoms with Gasteiger partial charge in [0.1, 0.15) is 12.4 Å². The van der Waals surface area contributed by atoms with Crippen molar-refractivity contribution in [1.29, 1.82) is 0 Å². The fourth-order valence-corrected chi connectivity index (χ4v) is 7.65. The molecule has 0 N–H and O–H groups in total. The van der Waals surface area contributed by atoms with Crippen molar-refractivity contribution >= 4 is 35.0 Å². The van der Waals surface area contributed by atoms with Crippen LogP contribution in [0.2, 0.25) is 0 Å². The van der Waals surface area contributed by atoms with Crippen molar-refractivity contribution in [2.75, 3.05) is 35.3 Å². The van der Waals surface area contributed by atoms with E-state index in [1.165, 1.54) is 17.3 Å². The lowest BCUT2D eigenvalue weighted by molar-refractivity contribution is -0.123. The number of fused-ring (bicyclic) bond motifs is 2. The third kappa shape index (κ3) is 4.59. The normalized spacial score (nSPS) is 22.1. The van der Waals surface area contributed by atoms with Gasteiger partial charge in [-0.3, -0.25) is 24.3 Å². The maximum absolute atomic E-state index is 14.4. The maximum atomic E-state index is 14.4. The molecule has 4 aromatic rings. The van der Waals surface area contributed by atoms with Crippen LogP contribution in [-0.2, 0) is 21.1 Å². The molecule has 2 amide bonds. The van der Waals surface area contributed by atoms with Crippen LogP contribution in [0.15, 0.2) is 109 Å². The minimum atomic E-state index is -1.11. The molecule has 41 heavy (non-hydrogen) atoms. The first kappa shape index (κ1) is 25.9. The molecule has 0 radical (unpaired) electrons. The number of anilines is 2. The second kappa shape index (κ2) is 10.7. The molecule has 0 aliphatic carbocycles. The smallest absolute Gasteiger partial charge is 0.269 e. The number of hydrogen-bond donors (Lipinski definition) is 0. The van der Waals surface area contributed by atoms with Crippen molar-refractivity contribution < 1.29 is 14.3 Å². The van der Waals surface area contributed by atoms with Gasteiger partial charge in [0.05, 0.1) is 18.1 Å². The summed E-state index contributed by atoms with van der Waals surface area (Å²) in [6.07, 6.45) is 1.07. The molecular weight excluding hydrogens is 530 g/mol. The lowest BCUT2D eigenvalue weighted by Crippen LogP contribution is -2.51. The van der Waals surface area contributed by atoms with E-state index in [0.717, 1.165) is 36.3 Å². The second-order valence-electron chi connectivity index (χ2n) is 10.8. The molecule has 2 atom stereocenters. The highest BCUT2D eigenvalue weighted by Crippen LogP contribution is 2.55. The highest BCUT2D eigenvalue weighted by Gasteiger charge is 2.61. The van der Waals surface area contributed by atoms with E-state index in [9.17, 15) is 9.59 Å². The predicted octanol–water partition coefficient (Wildman–Crippen LogP) is 5.99. The molecule has 3 aliphatic rings. The molecule has 7 rings (SSSR count). The van der Waals surface area contributed by atoms with Crippen LogP contribution in [0, 0.1) is 0 Å². The van der Waals surface area contributed by atoms with E-state index < -0.39 is 4.87 Å². The molecule has 0 unspecified atom stereocenters. The van der Waals surface area contributed by atoms with E-state index in [4.69, 9.17) is 4.74 Å². The third-order valence-corrected chi connectivity index (χ3v) is 9.68. The Labute approximate surface area is 244 Å². The predicted molar refractivity (Wildman–Crippen MR) is 163 cm³/mol. The minimum Gasteiger partial charge on any atom is -0.489 e. The van der Waals surface area contributed by atoms with Gasteiger partial charge in [0.15, 0.2) is 0 Å². The van der Waals surface area contributed by atoms with Crippen LogP contribution in [0.3, 0.4) is 0 Å². The lowest BCUT2D eigenvalue weighted by Gasteiger charge is -2.34. The van der Waals surface area contributed by atoms with Gasteiger partial charge < -0.3 is 4.74 Å². The number of rotatable bonds is 7. The Balaban J connectivity index is 1.14. The highest BCUT2D eigenvalue weighted by atomic mass is 32.2. The van der Waals surface area contributed by atoms with Gasteiger partial charge in [0.2, 0.25) is 10.8 Å². The molecular formula is C34H31N3O3S. The van der Waals surface area contributed by atoms with Gasteiger partial charge >= 0.3 is 0 Å². The lowest BCUT2D eigenvalue weighted by atomic mass is 9.99. The van der Waals surface area contributed by atoms with Gasteiger partial charge in [0.25, 0.3) is 5.91 Å². The molecule has 2 fully saturated rings. The Morgan fingerprint density at radius 2 is 1.54 bits per heavy atom. The van der Waals surface area contributed by atoms with Crippen molar-refractivity contribution in [1.82, 2.24) is 4.90 Å². The molecule has 3 heterocycles. The standard InChI is InChI=1S/C34H31N3O3S/c38-32-23-41-34(37(32)28-15-17-29(18-16-28)40-22-25-9-3-1-4-10-25)30-13-7-8-14-31(30)36(33(34)39)24-35-20-19-27(21-35)26-11-5-2-6-12-26/h1-18,27H,19-24H2/t27-,34+/m0/s1. The number of carbonyl (C=O) groups excluding carboxylic acids is 2.